The van der Waals surface area contributed by atoms with Gasteiger partial charge in [0.05, 0.1) is 12.0 Å². The Balaban J connectivity index is 2.25. The number of aliphatic hydroxyl groups excluding tert-OH is 1. The number of carbonyl (C=O) groups excluding carboxylic acids is 1. The average molecular weight is 394 g/mol. The van der Waals surface area contributed by atoms with Crippen LogP contribution >= 0.6 is 22.6 Å². The van der Waals surface area contributed by atoms with Crippen molar-refractivity contribution in [3.05, 3.63) is 71.3 Å². The third-order valence-corrected chi connectivity index (χ3v) is 4.24. The average Bonchev–Trinajstić information content (AvgIpc) is 2.53. The summed E-state index contributed by atoms with van der Waals surface area (Å²) in [4.78, 5) is 12.7. The highest BCUT2D eigenvalue weighted by Crippen LogP contribution is 2.29. The van der Waals surface area contributed by atoms with E-state index in [1.165, 1.54) is 0 Å². The van der Waals surface area contributed by atoms with Gasteiger partial charge >= 0.3 is 0 Å². The van der Waals surface area contributed by atoms with Crippen molar-refractivity contribution < 1.29 is 9.90 Å². The Kier molecular flexibility index (Phi) is 5.94. The van der Waals surface area contributed by atoms with E-state index in [0.29, 0.717) is 12.0 Å². The topological polar surface area (TPSA) is 37.3 Å². The second-order valence-corrected chi connectivity index (χ2v) is 6.25. The van der Waals surface area contributed by atoms with Crippen LogP contribution in [0.2, 0.25) is 0 Å². The summed E-state index contributed by atoms with van der Waals surface area (Å²) in [7, 11) is 0. The number of hydrogen-bond donors (Lipinski definition) is 1. The summed E-state index contributed by atoms with van der Waals surface area (Å²) in [5, 5.41) is 10.6. The first kappa shape index (κ1) is 16.2. The molecule has 0 spiro atoms. The number of Topliss-reactive ketones (excluding diaryl/α,β-unsaturated/α-hetero) is 1. The number of benzene rings is 2. The Bertz CT molecular complexity index is 578. The van der Waals surface area contributed by atoms with Crippen LogP contribution in [-0.2, 0) is 0 Å². The fraction of sp³-hybridized carbons (Fsp3) is 0.278. The molecule has 0 aliphatic carbocycles. The second kappa shape index (κ2) is 7.71. The molecule has 0 bridgehead atoms. The van der Waals surface area contributed by atoms with Crippen LogP contribution in [0.3, 0.4) is 0 Å². The monoisotopic (exact) mass is 394 g/mol. The highest BCUT2D eigenvalue weighted by Gasteiger charge is 2.28. The van der Waals surface area contributed by atoms with Gasteiger partial charge in [-0.2, -0.15) is 0 Å². The fourth-order valence-electron chi connectivity index (χ4n) is 2.36. The van der Waals surface area contributed by atoms with Crippen LogP contribution in [0, 0.1) is 12.8 Å². The predicted octanol–water partition coefficient (Wildman–Crippen LogP) is 4.35. The van der Waals surface area contributed by atoms with Crippen LogP contribution < -0.4 is 0 Å². The van der Waals surface area contributed by atoms with Crippen molar-refractivity contribution in [2.75, 3.05) is 4.43 Å². The number of carbonyl (C=O) groups is 1. The maximum absolute atomic E-state index is 12.7. The molecule has 2 aromatic rings. The van der Waals surface area contributed by atoms with Crippen molar-refractivity contribution in [1.29, 1.82) is 0 Å². The molecule has 2 atom stereocenters. The summed E-state index contributed by atoms with van der Waals surface area (Å²) < 4.78 is 0.837. The largest absolute Gasteiger partial charge is 0.388 e. The summed E-state index contributed by atoms with van der Waals surface area (Å²) in [6, 6.07) is 16.9. The first-order valence-corrected chi connectivity index (χ1v) is 8.56. The molecule has 2 rings (SSSR count). The molecule has 0 radical (unpaired) electrons. The van der Waals surface area contributed by atoms with Crippen LogP contribution in [0.25, 0.3) is 0 Å². The van der Waals surface area contributed by atoms with Gasteiger partial charge in [-0.25, -0.2) is 0 Å². The lowest BCUT2D eigenvalue weighted by Crippen LogP contribution is -2.23. The molecule has 1 N–H and O–H groups in total. The third-order valence-electron chi connectivity index (χ3n) is 3.62. The highest BCUT2D eigenvalue weighted by molar-refractivity contribution is 14.1. The molecule has 0 aliphatic heterocycles. The zero-order valence-corrected chi connectivity index (χ0v) is 14.2. The highest BCUT2D eigenvalue weighted by atomic mass is 127. The minimum absolute atomic E-state index is 0.0142. The van der Waals surface area contributed by atoms with Gasteiger partial charge in [-0.3, -0.25) is 4.79 Å². The van der Waals surface area contributed by atoms with Gasteiger partial charge in [0.25, 0.3) is 0 Å². The number of halogens is 1. The zero-order valence-electron chi connectivity index (χ0n) is 12.0. The Morgan fingerprint density at radius 3 is 2.29 bits per heavy atom. The van der Waals surface area contributed by atoms with E-state index in [4.69, 9.17) is 0 Å². The lowest BCUT2D eigenvalue weighted by molar-refractivity contribution is 0.0671. The van der Waals surface area contributed by atoms with Gasteiger partial charge in [0, 0.05) is 9.99 Å². The summed E-state index contributed by atoms with van der Waals surface area (Å²) in [6.07, 6.45) is -0.0864. The van der Waals surface area contributed by atoms with E-state index in [1.54, 1.807) is 0 Å². The molecule has 2 nitrogen and oxygen atoms in total. The van der Waals surface area contributed by atoms with Gasteiger partial charge in [0.15, 0.2) is 5.78 Å². The minimum atomic E-state index is -0.756. The number of alkyl halides is 1. The normalized spacial score (nSPS) is 13.7. The van der Waals surface area contributed by atoms with Gasteiger partial charge in [-0.1, -0.05) is 82.8 Å². The Labute approximate surface area is 139 Å². The number of hydrogen-bond acceptors (Lipinski definition) is 2. The molecule has 0 fully saturated rings. The van der Waals surface area contributed by atoms with E-state index in [0.717, 1.165) is 15.6 Å². The Hall–Kier alpha value is -1.20. The van der Waals surface area contributed by atoms with Crippen molar-refractivity contribution in [2.45, 2.75) is 19.4 Å². The smallest absolute Gasteiger partial charge is 0.168 e. The third kappa shape index (κ3) is 4.14. The van der Waals surface area contributed by atoms with Gasteiger partial charge in [0.1, 0.15) is 0 Å². The molecule has 2 aromatic carbocycles. The number of aryl methyl sites for hydroxylation is 1. The Morgan fingerprint density at radius 2 is 1.71 bits per heavy atom. The van der Waals surface area contributed by atoms with Crippen molar-refractivity contribution in [3.8, 4) is 0 Å². The molecular formula is C18H19IO2. The standard InChI is InChI=1S/C18H19IO2/c1-13-7-9-15(10-8-13)18(21)16(11-12-19)17(20)14-5-3-2-4-6-14/h2-10,16,18,21H,11-12H2,1H3/t16-,18+/m1/s1. The molecule has 0 saturated carbocycles. The first-order valence-electron chi connectivity index (χ1n) is 7.03. The van der Waals surface area contributed by atoms with Gasteiger partial charge in [-0.15, -0.1) is 0 Å². The quantitative estimate of drug-likeness (QED) is 0.449. The van der Waals surface area contributed by atoms with Crippen molar-refractivity contribution in [1.82, 2.24) is 0 Å². The van der Waals surface area contributed by atoms with Crippen LogP contribution in [0.1, 0.15) is 34.0 Å². The second-order valence-electron chi connectivity index (χ2n) is 5.17. The number of ketones is 1. The number of aliphatic hydroxyl groups is 1. The maximum Gasteiger partial charge on any atom is 0.168 e. The van der Waals surface area contributed by atoms with Gasteiger partial charge in [-0.05, 0) is 18.9 Å². The maximum atomic E-state index is 12.7. The lowest BCUT2D eigenvalue weighted by atomic mass is 9.86. The summed E-state index contributed by atoms with van der Waals surface area (Å²) in [5.74, 6) is -0.382. The van der Waals surface area contributed by atoms with Gasteiger partial charge in [0.2, 0.25) is 0 Å². The molecule has 0 saturated heterocycles. The van der Waals surface area contributed by atoms with Crippen LogP contribution in [0.15, 0.2) is 54.6 Å². The molecule has 21 heavy (non-hydrogen) atoms. The molecule has 0 amide bonds. The van der Waals surface area contributed by atoms with Gasteiger partial charge < -0.3 is 5.11 Å². The van der Waals surface area contributed by atoms with E-state index in [2.05, 4.69) is 22.6 Å². The van der Waals surface area contributed by atoms with E-state index in [9.17, 15) is 9.90 Å². The lowest BCUT2D eigenvalue weighted by Gasteiger charge is -2.22. The molecule has 0 aromatic heterocycles. The molecule has 3 heteroatoms. The SMILES string of the molecule is Cc1ccc([C@H](O)[C@H](CCI)C(=O)c2ccccc2)cc1. The van der Waals surface area contributed by atoms with Crippen LogP contribution in [0.5, 0.6) is 0 Å². The zero-order chi connectivity index (χ0) is 15.2. The molecule has 110 valence electrons. The molecule has 0 heterocycles. The summed E-state index contributed by atoms with van der Waals surface area (Å²) in [5.41, 5.74) is 2.61. The van der Waals surface area contributed by atoms with E-state index in [-0.39, 0.29) is 5.78 Å². The van der Waals surface area contributed by atoms with Crippen molar-refractivity contribution >= 4 is 28.4 Å². The summed E-state index contributed by atoms with van der Waals surface area (Å²) in [6.45, 7) is 2.01. The first-order chi connectivity index (χ1) is 10.1. The fourth-order valence-corrected chi connectivity index (χ4v) is 3.03. The molecular weight excluding hydrogens is 375 g/mol. The van der Waals surface area contributed by atoms with Crippen molar-refractivity contribution in [2.24, 2.45) is 5.92 Å². The van der Waals surface area contributed by atoms with Crippen LogP contribution in [-0.4, -0.2) is 15.3 Å². The van der Waals surface area contributed by atoms with E-state index < -0.39 is 12.0 Å². The Morgan fingerprint density at radius 1 is 1.10 bits per heavy atom. The molecule has 0 unspecified atom stereocenters. The van der Waals surface area contributed by atoms with E-state index in [1.807, 2.05) is 61.5 Å². The summed E-state index contributed by atoms with van der Waals surface area (Å²) >= 11 is 2.25. The number of rotatable bonds is 6. The van der Waals surface area contributed by atoms with Crippen LogP contribution in [0.4, 0.5) is 0 Å². The van der Waals surface area contributed by atoms with Crippen molar-refractivity contribution in [3.63, 3.8) is 0 Å². The predicted molar refractivity (Wildman–Crippen MR) is 93.9 cm³/mol. The van der Waals surface area contributed by atoms with E-state index >= 15 is 0 Å². The minimum Gasteiger partial charge on any atom is -0.388 e. The molecule has 0 aliphatic rings.